The Morgan fingerprint density at radius 3 is 2.59 bits per heavy atom. The summed E-state index contributed by atoms with van der Waals surface area (Å²) in [6.45, 7) is 10.7. The molecule has 2 aliphatic heterocycles. The third-order valence-corrected chi connectivity index (χ3v) is 6.22. The molecule has 6 atom stereocenters. The molecule has 0 radical (unpaired) electrons. The molecule has 0 aromatic rings. The van der Waals surface area contributed by atoms with Crippen LogP contribution in [-0.4, -0.2) is 85.8 Å². The van der Waals surface area contributed by atoms with Gasteiger partial charge in [-0.3, -0.25) is 9.89 Å². The molecule has 1 fully saturated rings. The van der Waals surface area contributed by atoms with Crippen LogP contribution in [0.4, 0.5) is 4.79 Å². The number of carboxylic acid groups (broad SMARTS) is 1. The van der Waals surface area contributed by atoms with Gasteiger partial charge in [-0.15, -0.1) is 0 Å². The fourth-order valence-corrected chi connectivity index (χ4v) is 4.80. The van der Waals surface area contributed by atoms with E-state index in [1.807, 2.05) is 20.8 Å². The highest BCUT2D eigenvalue weighted by atomic mass is 32.2. The van der Waals surface area contributed by atoms with Gasteiger partial charge in [-0.1, -0.05) is 25.1 Å². The lowest BCUT2D eigenvalue weighted by molar-refractivity contribution is -0.150. The average Bonchev–Trinajstić information content (AvgIpc) is 2.98. The molecular formula is C18H33N3O5S. The van der Waals surface area contributed by atoms with Gasteiger partial charge >= 0.3 is 6.09 Å². The standard InChI is InChI=1S/C18H33N3O5S/c1-6-7-8-19-9-11-13(22)14(23)12-16(26-11)27-15(20-12)10(2)21(17(24)25)18(3,4)5/h10-14,16,19,22-23H,6-9H2,1-5H3,(H,24,25)/t10?,11-,12-,13-,14-,16-/m1/s1. The predicted molar refractivity (Wildman–Crippen MR) is 106 cm³/mol. The van der Waals surface area contributed by atoms with E-state index in [0.717, 1.165) is 19.4 Å². The van der Waals surface area contributed by atoms with E-state index in [0.29, 0.717) is 11.6 Å². The van der Waals surface area contributed by atoms with Crippen LogP contribution < -0.4 is 5.32 Å². The van der Waals surface area contributed by atoms with Crippen LogP contribution in [0.5, 0.6) is 0 Å². The van der Waals surface area contributed by atoms with Crippen molar-refractivity contribution in [2.45, 2.75) is 88.8 Å². The summed E-state index contributed by atoms with van der Waals surface area (Å²) in [7, 11) is 0. The first-order valence-corrected chi connectivity index (χ1v) is 10.4. The zero-order valence-corrected chi connectivity index (χ0v) is 17.6. The van der Waals surface area contributed by atoms with E-state index in [1.54, 1.807) is 6.92 Å². The molecule has 156 valence electrons. The number of ether oxygens (including phenoxy) is 1. The highest BCUT2D eigenvalue weighted by molar-refractivity contribution is 8.14. The highest BCUT2D eigenvalue weighted by Gasteiger charge is 2.49. The molecule has 2 aliphatic rings. The number of hydrogen-bond donors (Lipinski definition) is 4. The number of amides is 1. The lowest BCUT2D eigenvalue weighted by Crippen LogP contribution is -2.57. The summed E-state index contributed by atoms with van der Waals surface area (Å²) in [5.74, 6) is 0. The number of fused-ring (bicyclic) bond motifs is 1. The number of hydrogen-bond acceptors (Lipinski definition) is 7. The predicted octanol–water partition coefficient (Wildman–Crippen LogP) is 1.50. The van der Waals surface area contributed by atoms with Crippen molar-refractivity contribution in [1.29, 1.82) is 0 Å². The SMILES string of the molecule is CCCCNC[C@H]1O[C@@H]2SC(C(C)N(C(=O)O)C(C)(C)C)=N[C@@H]2[C@@H](O)[C@@H]1O. The Morgan fingerprint density at radius 2 is 2.04 bits per heavy atom. The maximum atomic E-state index is 11.7. The second kappa shape index (κ2) is 9.09. The molecule has 9 heteroatoms. The van der Waals surface area contributed by atoms with Gasteiger partial charge < -0.3 is 25.4 Å². The largest absolute Gasteiger partial charge is 0.465 e. The normalized spacial score (nSPS) is 32.0. The second-order valence-electron chi connectivity index (χ2n) is 8.16. The monoisotopic (exact) mass is 403 g/mol. The van der Waals surface area contributed by atoms with Gasteiger partial charge in [0, 0.05) is 12.1 Å². The summed E-state index contributed by atoms with van der Waals surface area (Å²) in [6, 6.07) is -1.06. The van der Waals surface area contributed by atoms with E-state index in [-0.39, 0.29) is 0 Å². The zero-order valence-electron chi connectivity index (χ0n) is 16.8. The van der Waals surface area contributed by atoms with Gasteiger partial charge in [0.15, 0.2) is 0 Å². The van der Waals surface area contributed by atoms with Gasteiger partial charge in [0.2, 0.25) is 0 Å². The number of nitrogens with zero attached hydrogens (tertiary/aromatic N) is 2. The number of rotatable bonds is 7. The fraction of sp³-hybridized carbons (Fsp3) is 0.889. The third-order valence-electron chi connectivity index (χ3n) is 4.91. The number of aliphatic imine (C=N–C) groups is 1. The molecule has 1 unspecified atom stereocenters. The summed E-state index contributed by atoms with van der Waals surface area (Å²) in [4.78, 5) is 17.6. The van der Waals surface area contributed by atoms with Gasteiger partial charge in [0.05, 0.1) is 11.1 Å². The van der Waals surface area contributed by atoms with Gasteiger partial charge in [-0.25, -0.2) is 4.79 Å². The number of carbonyl (C=O) groups is 1. The number of aliphatic hydroxyl groups excluding tert-OH is 2. The average molecular weight is 404 g/mol. The minimum Gasteiger partial charge on any atom is -0.465 e. The summed E-state index contributed by atoms with van der Waals surface area (Å²) in [5.41, 5.74) is -1.01. The second-order valence-corrected chi connectivity index (χ2v) is 9.28. The Kier molecular flexibility index (Phi) is 7.54. The molecule has 2 rings (SSSR count). The van der Waals surface area contributed by atoms with Crippen LogP contribution in [0, 0.1) is 0 Å². The zero-order chi connectivity index (χ0) is 20.4. The molecule has 1 saturated heterocycles. The Labute approximate surface area is 165 Å². The van der Waals surface area contributed by atoms with Crippen LogP contribution in [-0.2, 0) is 4.74 Å². The summed E-state index contributed by atoms with van der Waals surface area (Å²) >= 11 is 1.34. The van der Waals surface area contributed by atoms with Crippen LogP contribution >= 0.6 is 11.8 Å². The molecular weight excluding hydrogens is 370 g/mol. The first-order valence-electron chi connectivity index (χ1n) is 9.56. The maximum absolute atomic E-state index is 11.7. The van der Waals surface area contributed by atoms with Crippen molar-refractivity contribution in [3.8, 4) is 0 Å². The van der Waals surface area contributed by atoms with Gasteiger partial charge in [0.1, 0.15) is 29.8 Å². The van der Waals surface area contributed by atoms with Crippen molar-refractivity contribution in [3.63, 3.8) is 0 Å². The van der Waals surface area contributed by atoms with E-state index < -0.39 is 47.5 Å². The Bertz CT molecular complexity index is 554. The number of unbranched alkanes of at least 4 members (excludes halogenated alkanes) is 1. The fourth-order valence-electron chi connectivity index (χ4n) is 3.51. The van der Waals surface area contributed by atoms with Crippen molar-refractivity contribution in [3.05, 3.63) is 0 Å². The number of nitrogens with one attached hydrogen (secondary N) is 1. The Morgan fingerprint density at radius 1 is 1.37 bits per heavy atom. The van der Waals surface area contributed by atoms with Crippen molar-refractivity contribution < 1.29 is 24.9 Å². The quantitative estimate of drug-likeness (QED) is 0.476. The van der Waals surface area contributed by atoms with Crippen molar-refractivity contribution in [2.24, 2.45) is 4.99 Å². The Balaban J connectivity index is 2.07. The van der Waals surface area contributed by atoms with E-state index in [9.17, 15) is 20.1 Å². The first kappa shape index (κ1) is 22.4. The van der Waals surface area contributed by atoms with Gasteiger partial charge in [0.25, 0.3) is 0 Å². The van der Waals surface area contributed by atoms with Crippen molar-refractivity contribution in [2.75, 3.05) is 13.1 Å². The Hall–Kier alpha value is -0.870. The molecule has 2 heterocycles. The molecule has 0 saturated carbocycles. The van der Waals surface area contributed by atoms with Crippen LogP contribution in [0.1, 0.15) is 47.5 Å². The maximum Gasteiger partial charge on any atom is 0.408 e. The lowest BCUT2D eigenvalue weighted by Gasteiger charge is -2.38. The number of thioether (sulfide) groups is 1. The first-order chi connectivity index (χ1) is 12.6. The van der Waals surface area contributed by atoms with Gasteiger partial charge in [-0.05, 0) is 40.7 Å². The summed E-state index contributed by atoms with van der Waals surface area (Å²) < 4.78 is 5.99. The molecule has 0 aromatic carbocycles. The van der Waals surface area contributed by atoms with E-state index >= 15 is 0 Å². The van der Waals surface area contributed by atoms with E-state index in [2.05, 4.69) is 17.2 Å². The van der Waals surface area contributed by atoms with Crippen LogP contribution in [0.25, 0.3) is 0 Å². The van der Waals surface area contributed by atoms with Crippen LogP contribution in [0.15, 0.2) is 4.99 Å². The smallest absolute Gasteiger partial charge is 0.408 e. The van der Waals surface area contributed by atoms with Crippen molar-refractivity contribution >= 4 is 22.9 Å². The minimum atomic E-state index is -1.04. The molecule has 0 spiro atoms. The molecule has 0 aromatic heterocycles. The van der Waals surface area contributed by atoms with E-state index in [4.69, 9.17) is 4.74 Å². The highest BCUT2D eigenvalue weighted by Crippen LogP contribution is 2.38. The topological polar surface area (TPSA) is 115 Å². The van der Waals surface area contributed by atoms with E-state index in [1.165, 1.54) is 16.7 Å². The molecule has 8 nitrogen and oxygen atoms in total. The van der Waals surface area contributed by atoms with Crippen LogP contribution in [0.2, 0.25) is 0 Å². The number of aliphatic hydroxyl groups is 2. The molecule has 0 bridgehead atoms. The molecule has 27 heavy (non-hydrogen) atoms. The lowest BCUT2D eigenvalue weighted by atomic mass is 9.98. The minimum absolute atomic E-state index is 0.422. The molecule has 4 N–H and O–H groups in total. The molecule has 0 aliphatic carbocycles. The molecule has 1 amide bonds. The van der Waals surface area contributed by atoms with Crippen molar-refractivity contribution in [1.82, 2.24) is 10.2 Å². The summed E-state index contributed by atoms with van der Waals surface area (Å²) in [6.07, 6.45) is -1.49. The van der Waals surface area contributed by atoms with Gasteiger partial charge in [-0.2, -0.15) is 0 Å². The third kappa shape index (κ3) is 5.14. The van der Waals surface area contributed by atoms with Crippen LogP contribution in [0.3, 0.4) is 0 Å². The summed E-state index contributed by atoms with van der Waals surface area (Å²) in [5, 5.41) is 34.4.